The number of carbonyl (C=O) groups is 2. The van der Waals surface area contributed by atoms with Gasteiger partial charge in [0.15, 0.2) is 0 Å². The van der Waals surface area contributed by atoms with Crippen LogP contribution in [0.3, 0.4) is 0 Å². The second-order valence-corrected chi connectivity index (χ2v) is 5.45. The van der Waals surface area contributed by atoms with Gasteiger partial charge in [0.2, 0.25) is 11.8 Å². The zero-order chi connectivity index (χ0) is 15.7. The van der Waals surface area contributed by atoms with E-state index in [2.05, 4.69) is 0 Å². The average molecular weight is 296 g/mol. The second-order valence-electron chi connectivity index (χ2n) is 5.45. The highest BCUT2D eigenvalue weighted by Crippen LogP contribution is 2.24. The summed E-state index contributed by atoms with van der Waals surface area (Å²) >= 11 is 0. The highest BCUT2D eigenvalue weighted by molar-refractivity contribution is 6.00. The molecule has 6 heteroatoms. The molecule has 1 saturated heterocycles. The van der Waals surface area contributed by atoms with Gasteiger partial charge in [-0.15, -0.1) is 0 Å². The van der Waals surface area contributed by atoms with Gasteiger partial charge >= 0.3 is 0 Å². The van der Waals surface area contributed by atoms with Crippen molar-refractivity contribution in [3.63, 3.8) is 0 Å². The minimum absolute atomic E-state index is 0.0462. The summed E-state index contributed by atoms with van der Waals surface area (Å²) in [7, 11) is 0. The molecule has 1 unspecified atom stereocenters. The summed E-state index contributed by atoms with van der Waals surface area (Å²) in [6, 6.07) is 2.45. The third-order valence-electron chi connectivity index (χ3n) is 3.63. The summed E-state index contributed by atoms with van der Waals surface area (Å²) in [5, 5.41) is 0. The van der Waals surface area contributed by atoms with Crippen molar-refractivity contribution in [3.05, 3.63) is 29.8 Å². The molecular weight excluding hydrogens is 278 g/mol. The molecule has 1 atom stereocenters. The van der Waals surface area contributed by atoms with E-state index >= 15 is 0 Å². The Morgan fingerprint density at radius 3 is 2.52 bits per heavy atom. The van der Waals surface area contributed by atoms with E-state index in [1.54, 1.807) is 20.8 Å². The van der Waals surface area contributed by atoms with Crippen molar-refractivity contribution < 1.29 is 18.4 Å². The maximum Gasteiger partial charge on any atom is 0.249 e. The molecular formula is C15H18F2N2O2. The van der Waals surface area contributed by atoms with E-state index in [9.17, 15) is 18.4 Å². The summed E-state index contributed by atoms with van der Waals surface area (Å²) in [5.74, 6) is -2.13. The zero-order valence-electron chi connectivity index (χ0n) is 12.3. The highest BCUT2D eigenvalue weighted by atomic mass is 19.1. The lowest BCUT2D eigenvalue weighted by molar-refractivity contribution is -0.143. The van der Waals surface area contributed by atoms with Crippen molar-refractivity contribution in [1.29, 1.82) is 0 Å². The number of hydrogen-bond acceptors (Lipinski definition) is 2. The lowest BCUT2D eigenvalue weighted by Crippen LogP contribution is -2.58. The SMILES string of the molecule is CC(C)C(=O)N1CCN(c2ccc(F)cc2F)C(=O)C1C. The smallest absolute Gasteiger partial charge is 0.249 e. The van der Waals surface area contributed by atoms with Gasteiger partial charge in [0.1, 0.15) is 17.7 Å². The van der Waals surface area contributed by atoms with Crippen LogP contribution in [0.15, 0.2) is 18.2 Å². The number of benzene rings is 1. The monoisotopic (exact) mass is 296 g/mol. The molecule has 2 rings (SSSR count). The molecule has 0 bridgehead atoms. The maximum atomic E-state index is 13.8. The Kier molecular flexibility index (Phi) is 4.25. The van der Waals surface area contributed by atoms with E-state index in [-0.39, 0.29) is 30.0 Å². The largest absolute Gasteiger partial charge is 0.329 e. The summed E-state index contributed by atoms with van der Waals surface area (Å²) < 4.78 is 26.8. The Morgan fingerprint density at radius 1 is 1.29 bits per heavy atom. The standard InChI is InChI=1S/C15H18F2N2O2/c1-9(2)14(20)18-6-7-19(15(21)10(18)3)13-5-4-11(16)8-12(13)17/h4-5,8-10H,6-7H2,1-3H3. The molecule has 2 amide bonds. The first kappa shape index (κ1) is 15.4. The number of anilines is 1. The number of carbonyl (C=O) groups excluding carboxylic acids is 2. The van der Waals surface area contributed by atoms with Crippen molar-refractivity contribution in [2.45, 2.75) is 26.8 Å². The first-order valence-corrected chi connectivity index (χ1v) is 6.90. The van der Waals surface area contributed by atoms with Crippen LogP contribution in [0, 0.1) is 17.6 Å². The Hall–Kier alpha value is -1.98. The third kappa shape index (κ3) is 2.89. The van der Waals surface area contributed by atoms with Gasteiger partial charge in [0.25, 0.3) is 0 Å². The fourth-order valence-electron chi connectivity index (χ4n) is 2.44. The number of rotatable bonds is 2. The Balaban J connectivity index is 2.23. The molecule has 0 spiro atoms. The van der Waals surface area contributed by atoms with E-state index in [0.717, 1.165) is 12.1 Å². The van der Waals surface area contributed by atoms with E-state index in [4.69, 9.17) is 0 Å². The van der Waals surface area contributed by atoms with Crippen molar-refractivity contribution in [2.24, 2.45) is 5.92 Å². The van der Waals surface area contributed by atoms with Crippen LogP contribution in [0.5, 0.6) is 0 Å². The summed E-state index contributed by atoms with van der Waals surface area (Å²) in [5.41, 5.74) is 0.0462. The molecule has 1 heterocycles. The van der Waals surface area contributed by atoms with Gasteiger partial charge in [-0.3, -0.25) is 9.59 Å². The predicted octanol–water partition coefficient (Wildman–Crippen LogP) is 2.18. The van der Waals surface area contributed by atoms with E-state index in [1.807, 2.05) is 0 Å². The molecule has 1 aromatic rings. The fraction of sp³-hybridized carbons (Fsp3) is 0.467. The second kappa shape index (κ2) is 5.79. The quantitative estimate of drug-likeness (QED) is 0.839. The fourth-order valence-corrected chi connectivity index (χ4v) is 2.44. The van der Waals surface area contributed by atoms with Gasteiger partial charge in [-0.2, -0.15) is 0 Å². The average Bonchev–Trinajstić information content (AvgIpc) is 2.42. The van der Waals surface area contributed by atoms with Gasteiger partial charge in [0, 0.05) is 25.1 Å². The van der Waals surface area contributed by atoms with Crippen molar-refractivity contribution in [1.82, 2.24) is 4.90 Å². The summed E-state index contributed by atoms with van der Waals surface area (Å²) in [6.07, 6.45) is 0. The number of hydrogen-bond donors (Lipinski definition) is 0. The van der Waals surface area contributed by atoms with Crippen LogP contribution in [-0.2, 0) is 9.59 Å². The van der Waals surface area contributed by atoms with Crippen LogP contribution >= 0.6 is 0 Å². The topological polar surface area (TPSA) is 40.6 Å². The van der Waals surface area contributed by atoms with E-state index < -0.39 is 17.7 Å². The van der Waals surface area contributed by atoms with Crippen molar-refractivity contribution in [3.8, 4) is 0 Å². The number of amides is 2. The molecule has 114 valence electrons. The molecule has 0 N–H and O–H groups in total. The third-order valence-corrected chi connectivity index (χ3v) is 3.63. The molecule has 21 heavy (non-hydrogen) atoms. The molecule has 1 fully saturated rings. The number of halogens is 2. The summed E-state index contributed by atoms with van der Waals surface area (Å²) in [6.45, 7) is 5.69. The number of nitrogens with zero attached hydrogens (tertiary/aromatic N) is 2. The lowest BCUT2D eigenvalue weighted by atomic mass is 10.1. The van der Waals surface area contributed by atoms with Crippen LogP contribution in [0.25, 0.3) is 0 Å². The Labute approximate surface area is 122 Å². The summed E-state index contributed by atoms with van der Waals surface area (Å²) in [4.78, 5) is 27.2. The van der Waals surface area contributed by atoms with Gasteiger partial charge in [-0.05, 0) is 19.1 Å². The van der Waals surface area contributed by atoms with Gasteiger partial charge < -0.3 is 9.80 Å². The van der Waals surface area contributed by atoms with Gasteiger partial charge in [0.05, 0.1) is 5.69 Å². The Morgan fingerprint density at radius 2 is 1.95 bits per heavy atom. The van der Waals surface area contributed by atoms with Crippen LogP contribution in [0.4, 0.5) is 14.5 Å². The van der Waals surface area contributed by atoms with Crippen molar-refractivity contribution in [2.75, 3.05) is 18.0 Å². The molecule has 1 aromatic carbocycles. The van der Waals surface area contributed by atoms with Gasteiger partial charge in [-0.1, -0.05) is 13.8 Å². The molecule has 0 saturated carbocycles. The zero-order valence-corrected chi connectivity index (χ0v) is 12.3. The van der Waals surface area contributed by atoms with Crippen LogP contribution in [-0.4, -0.2) is 35.8 Å². The minimum atomic E-state index is -0.779. The molecule has 0 aromatic heterocycles. The van der Waals surface area contributed by atoms with E-state index in [0.29, 0.717) is 6.54 Å². The van der Waals surface area contributed by atoms with Crippen LogP contribution in [0.2, 0.25) is 0 Å². The van der Waals surface area contributed by atoms with Gasteiger partial charge in [-0.25, -0.2) is 8.78 Å². The van der Waals surface area contributed by atoms with Crippen LogP contribution in [0.1, 0.15) is 20.8 Å². The number of piperazine rings is 1. The lowest BCUT2D eigenvalue weighted by Gasteiger charge is -2.39. The minimum Gasteiger partial charge on any atom is -0.329 e. The molecule has 4 nitrogen and oxygen atoms in total. The van der Waals surface area contributed by atoms with Crippen LogP contribution < -0.4 is 4.90 Å². The molecule has 0 aliphatic carbocycles. The molecule has 1 aliphatic heterocycles. The predicted molar refractivity (Wildman–Crippen MR) is 74.7 cm³/mol. The maximum absolute atomic E-state index is 13.8. The molecule has 1 aliphatic rings. The van der Waals surface area contributed by atoms with E-state index in [1.165, 1.54) is 15.9 Å². The highest BCUT2D eigenvalue weighted by Gasteiger charge is 2.36. The molecule has 0 radical (unpaired) electrons. The normalized spacial score (nSPS) is 19.3. The first-order chi connectivity index (χ1) is 9.82. The first-order valence-electron chi connectivity index (χ1n) is 6.90. The van der Waals surface area contributed by atoms with Crippen molar-refractivity contribution >= 4 is 17.5 Å². The Bertz CT molecular complexity index is 575.